The molecule has 0 unspecified atom stereocenters. The number of rotatable bonds is 7. The highest BCUT2D eigenvalue weighted by molar-refractivity contribution is 7.55. The molecule has 72 valence electrons. The predicted molar refractivity (Wildman–Crippen MR) is 61.5 cm³/mol. The highest BCUT2D eigenvalue weighted by Crippen LogP contribution is 2.26. The fourth-order valence-electron chi connectivity index (χ4n) is 1.21. The molecular weight excluding hydrogens is 163 g/mol. The minimum atomic E-state index is 0.358. The van der Waals surface area contributed by atoms with E-state index in [1.165, 1.54) is 38.3 Å². The monoisotopic (exact) mass is 186 g/mol. The lowest BCUT2D eigenvalue weighted by atomic mass is 10.1. The SMILES string of the molecule is CC=CCCCCCCP(C)C. The first kappa shape index (κ1) is 12.2. The summed E-state index contributed by atoms with van der Waals surface area (Å²) in [7, 11) is 0.358. The van der Waals surface area contributed by atoms with Crippen molar-refractivity contribution in [2.45, 2.75) is 39.0 Å². The van der Waals surface area contributed by atoms with E-state index in [1.807, 2.05) is 0 Å². The van der Waals surface area contributed by atoms with Crippen LogP contribution in [-0.2, 0) is 0 Å². The molecule has 12 heavy (non-hydrogen) atoms. The third kappa shape index (κ3) is 10.2. The van der Waals surface area contributed by atoms with Crippen LogP contribution in [0.25, 0.3) is 0 Å². The largest absolute Gasteiger partial charge is 0.113 e. The van der Waals surface area contributed by atoms with Gasteiger partial charge in [0.25, 0.3) is 0 Å². The van der Waals surface area contributed by atoms with Gasteiger partial charge in [0.2, 0.25) is 0 Å². The van der Waals surface area contributed by atoms with Crippen molar-refractivity contribution in [3.05, 3.63) is 12.2 Å². The summed E-state index contributed by atoms with van der Waals surface area (Å²) in [6.45, 7) is 6.84. The van der Waals surface area contributed by atoms with Gasteiger partial charge in [0.05, 0.1) is 0 Å². The molecule has 0 bridgehead atoms. The summed E-state index contributed by atoms with van der Waals surface area (Å²) >= 11 is 0. The van der Waals surface area contributed by atoms with Gasteiger partial charge in [-0.05, 0) is 45.7 Å². The van der Waals surface area contributed by atoms with Crippen molar-refractivity contribution >= 4 is 7.92 Å². The second-order valence-corrected chi connectivity index (χ2v) is 6.18. The lowest BCUT2D eigenvalue weighted by Gasteiger charge is -2.03. The zero-order valence-corrected chi connectivity index (χ0v) is 9.74. The summed E-state index contributed by atoms with van der Waals surface area (Å²) in [5.41, 5.74) is 0. The van der Waals surface area contributed by atoms with Crippen molar-refractivity contribution in [1.82, 2.24) is 0 Å². The Balaban J connectivity index is 2.91. The van der Waals surface area contributed by atoms with E-state index in [9.17, 15) is 0 Å². The number of allylic oxidation sites excluding steroid dienone is 2. The molecule has 0 radical (unpaired) electrons. The molecule has 0 aliphatic heterocycles. The molecule has 0 aliphatic carbocycles. The van der Waals surface area contributed by atoms with E-state index in [-0.39, 0.29) is 0 Å². The van der Waals surface area contributed by atoms with E-state index in [4.69, 9.17) is 0 Å². The van der Waals surface area contributed by atoms with Crippen molar-refractivity contribution in [1.29, 1.82) is 0 Å². The predicted octanol–water partition coefficient (Wildman–Crippen LogP) is 4.25. The molecule has 0 spiro atoms. The Morgan fingerprint density at radius 1 is 1.00 bits per heavy atom. The van der Waals surface area contributed by atoms with Crippen molar-refractivity contribution in [3.8, 4) is 0 Å². The third-order valence-electron chi connectivity index (χ3n) is 1.96. The van der Waals surface area contributed by atoms with Gasteiger partial charge in [-0.3, -0.25) is 0 Å². The fraction of sp³-hybridized carbons (Fsp3) is 0.818. The van der Waals surface area contributed by atoms with E-state index in [0.717, 1.165) is 0 Å². The van der Waals surface area contributed by atoms with Crippen molar-refractivity contribution in [2.24, 2.45) is 0 Å². The van der Waals surface area contributed by atoms with Crippen LogP contribution in [0.2, 0.25) is 0 Å². The zero-order chi connectivity index (χ0) is 9.23. The summed E-state index contributed by atoms with van der Waals surface area (Å²) in [4.78, 5) is 0. The topological polar surface area (TPSA) is 0 Å². The van der Waals surface area contributed by atoms with Gasteiger partial charge < -0.3 is 0 Å². The first-order chi connectivity index (χ1) is 5.77. The molecule has 0 N–H and O–H groups in total. The van der Waals surface area contributed by atoms with E-state index >= 15 is 0 Å². The Morgan fingerprint density at radius 2 is 1.67 bits per heavy atom. The number of unbranched alkanes of at least 4 members (excludes halogenated alkanes) is 4. The van der Waals surface area contributed by atoms with Crippen LogP contribution in [0.1, 0.15) is 39.0 Å². The number of hydrogen-bond donors (Lipinski definition) is 0. The highest BCUT2D eigenvalue weighted by Gasteiger charge is 1.92. The Morgan fingerprint density at radius 3 is 2.25 bits per heavy atom. The molecule has 0 atom stereocenters. The minimum Gasteiger partial charge on any atom is -0.113 e. The van der Waals surface area contributed by atoms with Crippen LogP contribution in [0, 0.1) is 0 Å². The van der Waals surface area contributed by atoms with Crippen LogP contribution in [-0.4, -0.2) is 19.5 Å². The summed E-state index contributed by atoms with van der Waals surface area (Å²) < 4.78 is 0. The van der Waals surface area contributed by atoms with Crippen molar-refractivity contribution in [2.75, 3.05) is 19.5 Å². The minimum absolute atomic E-state index is 0.358. The standard InChI is InChI=1S/C11H23P/c1-4-5-6-7-8-9-10-11-12(2)3/h4-5H,6-11H2,1-3H3. The smallest absolute Gasteiger partial charge is 0.0331 e. The molecule has 0 aromatic heterocycles. The lowest BCUT2D eigenvalue weighted by Crippen LogP contribution is -1.83. The van der Waals surface area contributed by atoms with Gasteiger partial charge in [0, 0.05) is 0 Å². The molecule has 0 saturated carbocycles. The summed E-state index contributed by atoms with van der Waals surface area (Å²) in [5, 5.41) is 0. The second kappa shape index (κ2) is 9.26. The van der Waals surface area contributed by atoms with Gasteiger partial charge in [-0.2, -0.15) is 0 Å². The molecule has 1 heteroatoms. The molecule has 0 aromatic carbocycles. The maximum absolute atomic E-state index is 2.37. The van der Waals surface area contributed by atoms with E-state index in [0.29, 0.717) is 7.92 Å². The van der Waals surface area contributed by atoms with Crippen LogP contribution in [0.3, 0.4) is 0 Å². The van der Waals surface area contributed by atoms with Gasteiger partial charge in [-0.15, -0.1) is 7.92 Å². The average molecular weight is 186 g/mol. The molecule has 0 fully saturated rings. The van der Waals surface area contributed by atoms with Crippen molar-refractivity contribution < 1.29 is 0 Å². The summed E-state index contributed by atoms with van der Waals surface area (Å²) in [6.07, 6.45) is 12.9. The quantitative estimate of drug-likeness (QED) is 0.316. The fourth-order valence-corrected chi connectivity index (χ4v) is 2.07. The van der Waals surface area contributed by atoms with Crippen LogP contribution >= 0.6 is 7.92 Å². The van der Waals surface area contributed by atoms with E-state index in [2.05, 4.69) is 32.4 Å². The van der Waals surface area contributed by atoms with Gasteiger partial charge in [-0.25, -0.2) is 0 Å². The maximum Gasteiger partial charge on any atom is -0.0331 e. The van der Waals surface area contributed by atoms with Crippen LogP contribution in [0.5, 0.6) is 0 Å². The lowest BCUT2D eigenvalue weighted by molar-refractivity contribution is 0.677. The average Bonchev–Trinajstić information content (AvgIpc) is 2.02. The van der Waals surface area contributed by atoms with E-state index in [1.54, 1.807) is 0 Å². The second-order valence-electron chi connectivity index (χ2n) is 3.58. The van der Waals surface area contributed by atoms with Crippen molar-refractivity contribution in [3.63, 3.8) is 0 Å². The van der Waals surface area contributed by atoms with Crippen LogP contribution < -0.4 is 0 Å². The van der Waals surface area contributed by atoms with Gasteiger partial charge in [0.1, 0.15) is 0 Å². The Labute approximate surface area is 79.2 Å². The molecular formula is C11H23P. The van der Waals surface area contributed by atoms with Crippen LogP contribution in [0.15, 0.2) is 12.2 Å². The molecule has 0 aliphatic rings. The Hall–Kier alpha value is 0.170. The van der Waals surface area contributed by atoms with Crippen LogP contribution in [0.4, 0.5) is 0 Å². The number of hydrogen-bond acceptors (Lipinski definition) is 0. The molecule has 0 nitrogen and oxygen atoms in total. The first-order valence-electron chi connectivity index (χ1n) is 5.03. The normalized spacial score (nSPS) is 11.7. The molecule has 0 rings (SSSR count). The first-order valence-corrected chi connectivity index (χ1v) is 7.45. The zero-order valence-electron chi connectivity index (χ0n) is 8.84. The molecule has 0 amide bonds. The highest BCUT2D eigenvalue weighted by atomic mass is 31.1. The maximum atomic E-state index is 2.37. The molecule has 0 aromatic rings. The molecule has 0 saturated heterocycles. The van der Waals surface area contributed by atoms with Gasteiger partial charge in [-0.1, -0.05) is 25.0 Å². The van der Waals surface area contributed by atoms with E-state index < -0.39 is 0 Å². The summed E-state index contributed by atoms with van der Waals surface area (Å²) in [5.74, 6) is 0. The summed E-state index contributed by atoms with van der Waals surface area (Å²) in [6, 6.07) is 0. The van der Waals surface area contributed by atoms with Gasteiger partial charge in [0.15, 0.2) is 0 Å². The third-order valence-corrected chi connectivity index (χ3v) is 3.17. The van der Waals surface area contributed by atoms with Gasteiger partial charge >= 0.3 is 0 Å². The Kier molecular flexibility index (Phi) is 9.39. The Bertz CT molecular complexity index is 106. The molecule has 0 heterocycles.